The third kappa shape index (κ3) is 4.07. The van der Waals surface area contributed by atoms with Crippen LogP contribution in [0, 0.1) is 5.92 Å². The molecular weight excluding hydrogens is 350 g/mol. The fourth-order valence-electron chi connectivity index (χ4n) is 4.67. The van der Waals surface area contributed by atoms with E-state index in [9.17, 15) is 4.79 Å². The van der Waals surface area contributed by atoms with Gasteiger partial charge < -0.3 is 9.80 Å². The van der Waals surface area contributed by atoms with Crippen molar-refractivity contribution in [1.29, 1.82) is 0 Å². The van der Waals surface area contributed by atoms with Crippen LogP contribution in [-0.2, 0) is 7.05 Å². The summed E-state index contributed by atoms with van der Waals surface area (Å²) in [5.74, 6) is 1.67. The lowest BCUT2D eigenvalue weighted by Crippen LogP contribution is -2.34. The summed E-state index contributed by atoms with van der Waals surface area (Å²) in [4.78, 5) is 22.7. The molecule has 0 aliphatic carbocycles. The first kappa shape index (κ1) is 19.4. The minimum atomic E-state index is 0.171. The van der Waals surface area contributed by atoms with Crippen LogP contribution in [0.2, 0.25) is 0 Å². The molecule has 0 bridgehead atoms. The maximum Gasteiger partial charge on any atom is 0.184 e. The van der Waals surface area contributed by atoms with Crippen molar-refractivity contribution in [3.63, 3.8) is 0 Å². The second-order valence-corrected chi connectivity index (χ2v) is 8.42. The molecule has 28 heavy (non-hydrogen) atoms. The van der Waals surface area contributed by atoms with E-state index in [4.69, 9.17) is 4.98 Å². The van der Waals surface area contributed by atoms with E-state index in [1.165, 1.54) is 25.7 Å². The minimum absolute atomic E-state index is 0.171. The van der Waals surface area contributed by atoms with Gasteiger partial charge in [-0.2, -0.15) is 5.10 Å². The smallest absolute Gasteiger partial charge is 0.184 e. The van der Waals surface area contributed by atoms with Gasteiger partial charge in [-0.1, -0.05) is 19.8 Å². The molecule has 152 valence electrons. The zero-order chi connectivity index (χ0) is 19.5. The summed E-state index contributed by atoms with van der Waals surface area (Å²) in [6.07, 6.45) is 7.90. The van der Waals surface area contributed by atoms with Gasteiger partial charge in [-0.25, -0.2) is 9.67 Å². The average Bonchev–Trinajstić information content (AvgIpc) is 2.89. The van der Waals surface area contributed by atoms with Gasteiger partial charge in [0.15, 0.2) is 11.4 Å². The molecule has 6 heteroatoms. The Hall–Kier alpha value is -1.95. The molecule has 0 amide bonds. The minimum Gasteiger partial charge on any atom is -0.357 e. The molecule has 0 atom stereocenters. The van der Waals surface area contributed by atoms with Crippen LogP contribution in [0.5, 0.6) is 0 Å². The van der Waals surface area contributed by atoms with Gasteiger partial charge in [0.2, 0.25) is 0 Å². The first-order valence-corrected chi connectivity index (χ1v) is 11.0. The Balaban J connectivity index is 1.51. The van der Waals surface area contributed by atoms with Gasteiger partial charge in [-0.3, -0.25) is 4.79 Å². The van der Waals surface area contributed by atoms with Crippen molar-refractivity contribution in [2.24, 2.45) is 13.0 Å². The quantitative estimate of drug-likeness (QED) is 0.738. The first-order valence-electron chi connectivity index (χ1n) is 11.0. The summed E-state index contributed by atoms with van der Waals surface area (Å²) in [7, 11) is 1.90. The van der Waals surface area contributed by atoms with Crippen molar-refractivity contribution in [2.45, 2.75) is 51.9 Å². The number of carbonyl (C=O) groups excluding carboxylic acids is 1. The highest BCUT2D eigenvalue weighted by molar-refractivity contribution is 6.05. The number of aromatic nitrogens is 3. The number of ketones is 1. The fourth-order valence-corrected chi connectivity index (χ4v) is 4.67. The molecule has 6 nitrogen and oxygen atoms in total. The molecule has 2 aliphatic heterocycles. The molecule has 2 aliphatic rings. The molecule has 0 unspecified atom stereocenters. The van der Waals surface area contributed by atoms with Crippen molar-refractivity contribution < 1.29 is 4.79 Å². The van der Waals surface area contributed by atoms with Crippen molar-refractivity contribution in [1.82, 2.24) is 19.7 Å². The largest absolute Gasteiger partial charge is 0.357 e. The number of aryl methyl sites for hydroxylation is 1. The standard InChI is InChI=1S/C22H33N5O/c1-3-26-14-10-17(11-15-26)16-19(28)21-18-8-9-20(23-22(18)25(2)24-21)27-12-6-4-5-7-13-27/h8-9,17H,3-7,10-16H2,1-2H3. The van der Waals surface area contributed by atoms with E-state index in [0.29, 0.717) is 18.0 Å². The predicted octanol–water partition coefficient (Wildman–Crippen LogP) is 3.65. The van der Waals surface area contributed by atoms with Gasteiger partial charge >= 0.3 is 0 Å². The highest BCUT2D eigenvalue weighted by Gasteiger charge is 2.24. The van der Waals surface area contributed by atoms with E-state index in [2.05, 4.69) is 34.0 Å². The average molecular weight is 384 g/mol. The SMILES string of the molecule is CCN1CCC(CC(=O)c2nn(C)c3nc(N4CCCCCC4)ccc23)CC1. The molecule has 0 N–H and O–H groups in total. The Bertz CT molecular complexity index is 814. The molecule has 2 fully saturated rings. The highest BCUT2D eigenvalue weighted by Crippen LogP contribution is 2.26. The first-order chi connectivity index (χ1) is 13.7. The lowest BCUT2D eigenvalue weighted by Gasteiger charge is -2.30. The second kappa shape index (κ2) is 8.60. The molecule has 4 heterocycles. The lowest BCUT2D eigenvalue weighted by molar-refractivity contribution is 0.0926. The van der Waals surface area contributed by atoms with Gasteiger partial charge in [0.25, 0.3) is 0 Å². The maximum atomic E-state index is 13.0. The Morgan fingerprint density at radius 2 is 1.79 bits per heavy atom. The number of carbonyl (C=O) groups is 1. The molecule has 0 saturated carbocycles. The molecule has 2 aromatic heterocycles. The third-order valence-electron chi connectivity index (χ3n) is 6.49. The van der Waals surface area contributed by atoms with Crippen LogP contribution in [0.1, 0.15) is 62.4 Å². The van der Waals surface area contributed by atoms with Gasteiger partial charge in [0.1, 0.15) is 11.5 Å². The number of pyridine rings is 1. The number of Topliss-reactive ketones (excluding diaryl/α,β-unsaturated/α-hetero) is 1. The molecule has 0 radical (unpaired) electrons. The van der Waals surface area contributed by atoms with Crippen LogP contribution in [0.3, 0.4) is 0 Å². The van der Waals surface area contributed by atoms with E-state index in [0.717, 1.165) is 62.4 Å². The Morgan fingerprint density at radius 3 is 2.46 bits per heavy atom. The second-order valence-electron chi connectivity index (χ2n) is 8.42. The molecule has 0 spiro atoms. The van der Waals surface area contributed by atoms with Crippen molar-refractivity contribution in [3.8, 4) is 0 Å². The number of rotatable bonds is 5. The van der Waals surface area contributed by atoms with E-state index in [1.54, 1.807) is 4.68 Å². The van der Waals surface area contributed by atoms with E-state index >= 15 is 0 Å². The normalized spacial score (nSPS) is 19.9. The summed E-state index contributed by atoms with van der Waals surface area (Å²) >= 11 is 0. The van der Waals surface area contributed by atoms with Crippen LogP contribution in [0.25, 0.3) is 11.0 Å². The van der Waals surface area contributed by atoms with Gasteiger partial charge in [0, 0.05) is 26.6 Å². The summed E-state index contributed by atoms with van der Waals surface area (Å²) in [5, 5.41) is 5.47. The van der Waals surface area contributed by atoms with Crippen LogP contribution >= 0.6 is 0 Å². The zero-order valence-corrected chi connectivity index (χ0v) is 17.4. The van der Waals surface area contributed by atoms with Gasteiger partial charge in [0.05, 0.1) is 5.39 Å². The number of fused-ring (bicyclic) bond motifs is 1. The predicted molar refractivity (Wildman–Crippen MR) is 113 cm³/mol. The maximum absolute atomic E-state index is 13.0. The summed E-state index contributed by atoms with van der Waals surface area (Å²) < 4.78 is 1.78. The Kier molecular flexibility index (Phi) is 5.95. The highest BCUT2D eigenvalue weighted by atomic mass is 16.1. The zero-order valence-electron chi connectivity index (χ0n) is 17.4. The number of nitrogens with zero attached hydrogens (tertiary/aromatic N) is 5. The number of piperidine rings is 1. The number of anilines is 1. The lowest BCUT2D eigenvalue weighted by atomic mass is 9.90. The van der Waals surface area contributed by atoms with E-state index in [1.807, 2.05) is 7.05 Å². The van der Waals surface area contributed by atoms with Crippen molar-refractivity contribution in [3.05, 3.63) is 17.8 Å². The van der Waals surface area contributed by atoms with E-state index in [-0.39, 0.29) is 5.78 Å². The fraction of sp³-hybridized carbons (Fsp3) is 0.682. The van der Waals surface area contributed by atoms with Crippen LogP contribution in [0.4, 0.5) is 5.82 Å². The third-order valence-corrected chi connectivity index (χ3v) is 6.49. The summed E-state index contributed by atoms with van der Waals surface area (Å²) in [6.45, 7) is 7.67. The summed E-state index contributed by atoms with van der Waals surface area (Å²) in [5.41, 5.74) is 1.43. The van der Waals surface area contributed by atoms with Crippen molar-refractivity contribution >= 4 is 22.6 Å². The number of hydrogen-bond donors (Lipinski definition) is 0. The van der Waals surface area contributed by atoms with Crippen LogP contribution in [0.15, 0.2) is 12.1 Å². The van der Waals surface area contributed by atoms with Crippen LogP contribution in [-0.4, -0.2) is 58.2 Å². The van der Waals surface area contributed by atoms with Crippen LogP contribution < -0.4 is 4.90 Å². The molecule has 2 saturated heterocycles. The number of hydrogen-bond acceptors (Lipinski definition) is 5. The molecule has 2 aromatic rings. The van der Waals surface area contributed by atoms with Gasteiger partial charge in [-0.15, -0.1) is 0 Å². The van der Waals surface area contributed by atoms with E-state index < -0.39 is 0 Å². The Morgan fingerprint density at radius 1 is 1.07 bits per heavy atom. The number of likely N-dealkylation sites (tertiary alicyclic amines) is 1. The molecule has 0 aromatic carbocycles. The molecular formula is C22H33N5O. The summed E-state index contributed by atoms with van der Waals surface area (Å²) in [6, 6.07) is 4.13. The molecule has 4 rings (SSSR count). The van der Waals surface area contributed by atoms with Crippen molar-refractivity contribution in [2.75, 3.05) is 37.6 Å². The Labute approximate surface area is 167 Å². The monoisotopic (exact) mass is 383 g/mol. The topological polar surface area (TPSA) is 54.3 Å². The van der Waals surface area contributed by atoms with Gasteiger partial charge in [-0.05, 0) is 63.4 Å².